The van der Waals surface area contributed by atoms with Crippen LogP contribution in [0.1, 0.15) is 6.92 Å². The van der Waals surface area contributed by atoms with Crippen LogP contribution in [-0.4, -0.2) is 24.8 Å². The van der Waals surface area contributed by atoms with Crippen molar-refractivity contribution >= 4 is 44.8 Å². The van der Waals surface area contributed by atoms with Gasteiger partial charge in [-0.1, -0.05) is 27.5 Å². The van der Waals surface area contributed by atoms with Gasteiger partial charge in [-0.3, -0.25) is 4.79 Å². The number of carbonyl (C=O) groups excluding carboxylic acids is 1. The van der Waals surface area contributed by atoms with Crippen molar-refractivity contribution in [2.45, 2.75) is 11.8 Å². The highest BCUT2D eigenvalue weighted by molar-refractivity contribution is 9.10. The van der Waals surface area contributed by atoms with Crippen molar-refractivity contribution in [3.05, 3.63) is 23.2 Å². The van der Waals surface area contributed by atoms with Gasteiger partial charge >= 0.3 is 0 Å². The molecule has 1 N–H and O–H groups in total. The number of hydrogen-bond acceptors (Lipinski definition) is 2. The number of rotatable bonds is 3. The van der Waals surface area contributed by atoms with Gasteiger partial charge in [0.1, 0.15) is 0 Å². The first-order chi connectivity index (χ1) is 7.41. The van der Waals surface area contributed by atoms with E-state index < -0.39 is 0 Å². The van der Waals surface area contributed by atoms with Crippen LogP contribution in [0.15, 0.2) is 18.2 Å². The molecule has 1 rings (SSSR count). The molecule has 1 unspecified atom stereocenters. The Morgan fingerprint density at radius 1 is 1.50 bits per heavy atom. The molecule has 0 saturated heterocycles. The van der Waals surface area contributed by atoms with Gasteiger partial charge in [-0.25, -0.2) is 0 Å². The molecule has 0 aliphatic heterocycles. The summed E-state index contributed by atoms with van der Waals surface area (Å²) in [7, 11) is 3.83. The summed E-state index contributed by atoms with van der Waals surface area (Å²) < 4.78 is 0. The molecule has 0 spiro atoms. The Morgan fingerprint density at radius 3 is 2.62 bits per heavy atom. The van der Waals surface area contributed by atoms with Crippen LogP contribution in [0.25, 0.3) is 0 Å². The second-order valence-electron chi connectivity index (χ2n) is 3.66. The highest BCUT2D eigenvalue weighted by Crippen LogP contribution is 2.28. The maximum absolute atomic E-state index is 11.6. The summed E-state index contributed by atoms with van der Waals surface area (Å²) in [6.45, 7) is 1.77. The van der Waals surface area contributed by atoms with Crippen LogP contribution in [0.3, 0.4) is 0 Å². The van der Waals surface area contributed by atoms with Crippen LogP contribution in [-0.2, 0) is 4.79 Å². The molecule has 0 bridgehead atoms. The Balaban J connectivity index is 3.01. The first kappa shape index (κ1) is 13.3. The molecule has 1 atom stereocenters. The van der Waals surface area contributed by atoms with Crippen molar-refractivity contribution in [1.82, 2.24) is 0 Å². The summed E-state index contributed by atoms with van der Waals surface area (Å²) in [6, 6.07) is 5.41. The van der Waals surface area contributed by atoms with Crippen molar-refractivity contribution < 1.29 is 4.79 Å². The maximum Gasteiger partial charge on any atom is 0.237 e. The van der Waals surface area contributed by atoms with E-state index >= 15 is 0 Å². The lowest BCUT2D eigenvalue weighted by Gasteiger charge is -2.18. The third kappa shape index (κ3) is 3.39. The zero-order valence-electron chi connectivity index (χ0n) is 9.42. The molecule has 1 aromatic carbocycles. The second-order valence-corrected chi connectivity index (χ2v) is 5.47. The summed E-state index contributed by atoms with van der Waals surface area (Å²) >= 11 is 9.12. The third-order valence-corrected chi connectivity index (χ3v) is 2.71. The highest BCUT2D eigenvalue weighted by atomic mass is 79.9. The number of halogens is 2. The van der Waals surface area contributed by atoms with E-state index in [0.29, 0.717) is 10.7 Å². The fourth-order valence-electron chi connectivity index (χ4n) is 1.23. The molecule has 0 fully saturated rings. The topological polar surface area (TPSA) is 32.3 Å². The van der Waals surface area contributed by atoms with Gasteiger partial charge in [-0.15, -0.1) is 0 Å². The lowest BCUT2D eigenvalue weighted by atomic mass is 10.2. The zero-order chi connectivity index (χ0) is 12.3. The third-order valence-electron chi connectivity index (χ3n) is 2.06. The predicted molar refractivity (Wildman–Crippen MR) is 72.8 cm³/mol. The maximum atomic E-state index is 11.6. The molecular formula is C11H14BrClN2O. The first-order valence-corrected chi connectivity index (χ1v) is 6.13. The molecule has 16 heavy (non-hydrogen) atoms. The first-order valence-electron chi connectivity index (χ1n) is 4.83. The fourth-order valence-corrected chi connectivity index (χ4v) is 1.52. The van der Waals surface area contributed by atoms with Gasteiger partial charge in [0.2, 0.25) is 5.91 Å². The standard InChI is InChI=1S/C11H14BrClN2O/c1-7(12)11(16)14-9-6-8(13)4-5-10(9)15(2)3/h4-7H,1-3H3,(H,14,16). The van der Waals surface area contributed by atoms with Crippen molar-refractivity contribution in [2.75, 3.05) is 24.3 Å². The van der Waals surface area contributed by atoms with E-state index in [2.05, 4.69) is 21.2 Å². The van der Waals surface area contributed by atoms with Crippen LogP contribution < -0.4 is 10.2 Å². The fraction of sp³-hybridized carbons (Fsp3) is 0.364. The molecule has 3 nitrogen and oxygen atoms in total. The number of nitrogens with one attached hydrogen (secondary N) is 1. The predicted octanol–water partition coefficient (Wildman–Crippen LogP) is 3.13. The Labute approximate surface area is 109 Å². The average Bonchev–Trinajstić information content (AvgIpc) is 2.16. The van der Waals surface area contributed by atoms with Gasteiger partial charge in [0.25, 0.3) is 0 Å². The summed E-state index contributed by atoms with van der Waals surface area (Å²) in [5.41, 5.74) is 1.64. The number of alkyl halides is 1. The number of carbonyl (C=O) groups is 1. The molecule has 0 heterocycles. The van der Waals surface area contributed by atoms with Crippen molar-refractivity contribution in [3.63, 3.8) is 0 Å². The van der Waals surface area contributed by atoms with Crippen molar-refractivity contribution in [2.24, 2.45) is 0 Å². The van der Waals surface area contributed by atoms with Crippen molar-refractivity contribution in [3.8, 4) is 0 Å². The summed E-state index contributed by atoms with van der Waals surface area (Å²) in [5, 5.41) is 3.42. The van der Waals surface area contributed by atoms with E-state index in [1.807, 2.05) is 25.1 Å². The van der Waals surface area contributed by atoms with Crippen LogP contribution in [0.2, 0.25) is 5.02 Å². The van der Waals surface area contributed by atoms with E-state index in [4.69, 9.17) is 11.6 Å². The van der Waals surface area contributed by atoms with Crippen LogP contribution in [0.4, 0.5) is 11.4 Å². The minimum absolute atomic E-state index is 0.0923. The number of nitrogens with zero attached hydrogens (tertiary/aromatic N) is 1. The quantitative estimate of drug-likeness (QED) is 0.870. The summed E-state index contributed by atoms with van der Waals surface area (Å²) in [4.78, 5) is 13.3. The molecule has 0 aliphatic carbocycles. The Bertz CT molecular complexity index is 394. The molecule has 0 aliphatic rings. The SMILES string of the molecule is CC(Br)C(=O)Nc1cc(Cl)ccc1N(C)C. The average molecular weight is 306 g/mol. The molecule has 1 aromatic rings. The Hall–Kier alpha value is -0.740. The van der Waals surface area contributed by atoms with Crippen LogP contribution >= 0.6 is 27.5 Å². The molecule has 0 saturated carbocycles. The summed E-state index contributed by atoms with van der Waals surface area (Å²) in [6.07, 6.45) is 0. The van der Waals surface area contributed by atoms with E-state index in [9.17, 15) is 4.79 Å². The smallest absolute Gasteiger partial charge is 0.237 e. The van der Waals surface area contributed by atoms with E-state index in [1.165, 1.54) is 0 Å². The van der Waals surface area contributed by atoms with Crippen molar-refractivity contribution in [1.29, 1.82) is 0 Å². The molecular weight excluding hydrogens is 291 g/mol. The minimum Gasteiger partial charge on any atom is -0.376 e. The van der Waals surface area contributed by atoms with E-state index in [-0.39, 0.29) is 10.7 Å². The van der Waals surface area contributed by atoms with Crippen LogP contribution in [0, 0.1) is 0 Å². The van der Waals surface area contributed by atoms with Crippen LogP contribution in [0.5, 0.6) is 0 Å². The lowest BCUT2D eigenvalue weighted by molar-refractivity contribution is -0.115. The van der Waals surface area contributed by atoms with Gasteiger partial charge < -0.3 is 10.2 Å². The number of anilines is 2. The summed E-state index contributed by atoms with van der Waals surface area (Å²) in [5.74, 6) is -0.0923. The monoisotopic (exact) mass is 304 g/mol. The van der Waals surface area contributed by atoms with E-state index in [0.717, 1.165) is 5.69 Å². The molecule has 88 valence electrons. The largest absolute Gasteiger partial charge is 0.376 e. The van der Waals surface area contributed by atoms with Gasteiger partial charge in [0.05, 0.1) is 16.2 Å². The Kier molecular flexibility index (Phi) is 4.62. The highest BCUT2D eigenvalue weighted by Gasteiger charge is 2.12. The molecule has 5 heteroatoms. The van der Waals surface area contributed by atoms with Gasteiger partial charge in [-0.05, 0) is 25.1 Å². The molecule has 0 aromatic heterocycles. The van der Waals surface area contributed by atoms with Gasteiger partial charge in [0.15, 0.2) is 0 Å². The zero-order valence-corrected chi connectivity index (χ0v) is 11.8. The van der Waals surface area contributed by atoms with Gasteiger partial charge in [-0.2, -0.15) is 0 Å². The minimum atomic E-state index is -0.235. The number of amides is 1. The lowest BCUT2D eigenvalue weighted by Crippen LogP contribution is -2.22. The number of hydrogen-bond donors (Lipinski definition) is 1. The van der Waals surface area contributed by atoms with Gasteiger partial charge in [0, 0.05) is 19.1 Å². The Morgan fingerprint density at radius 2 is 2.12 bits per heavy atom. The number of benzene rings is 1. The van der Waals surface area contributed by atoms with E-state index in [1.54, 1.807) is 19.1 Å². The molecule has 0 radical (unpaired) electrons. The normalized spacial score (nSPS) is 12.1. The second kappa shape index (κ2) is 5.55. The molecule has 1 amide bonds.